The van der Waals surface area contributed by atoms with Crippen molar-refractivity contribution < 1.29 is 4.74 Å². The highest BCUT2D eigenvalue weighted by Crippen LogP contribution is 2.68. The molecular weight excluding hydrogens is 476 g/mol. The molecule has 2 aromatic rings. The van der Waals surface area contributed by atoms with Crippen LogP contribution in [0.2, 0.25) is 0 Å². The molecule has 4 aliphatic carbocycles. The minimum absolute atomic E-state index is 0.0981. The lowest BCUT2D eigenvalue weighted by atomic mass is 9.44. The first kappa shape index (κ1) is 27.2. The Morgan fingerprint density at radius 2 is 1.74 bits per heavy atom. The van der Waals surface area contributed by atoms with Gasteiger partial charge >= 0.3 is 0 Å². The molecule has 3 N–H and O–H groups in total. The van der Waals surface area contributed by atoms with Gasteiger partial charge in [0, 0.05) is 0 Å². The quantitative estimate of drug-likeness (QED) is 0.278. The van der Waals surface area contributed by atoms with E-state index >= 15 is 0 Å². The van der Waals surface area contributed by atoms with Crippen molar-refractivity contribution in [1.82, 2.24) is 0 Å². The maximum Gasteiger partial charge on any atom is 0.130 e. The minimum atomic E-state index is 0.0981. The van der Waals surface area contributed by atoms with Gasteiger partial charge in [-0.1, -0.05) is 70.9 Å². The molecule has 0 bridgehead atoms. The fourth-order valence-corrected chi connectivity index (χ4v) is 11.1. The van der Waals surface area contributed by atoms with Gasteiger partial charge in [0.1, 0.15) is 11.6 Å². The number of nitrogens with two attached hydrogens (primary N) is 1. The van der Waals surface area contributed by atoms with Crippen LogP contribution in [0.5, 0.6) is 5.75 Å². The molecule has 5 unspecified atom stereocenters. The van der Waals surface area contributed by atoms with Crippen LogP contribution in [0.1, 0.15) is 104 Å². The van der Waals surface area contributed by atoms with Crippen LogP contribution in [-0.2, 0) is 0 Å². The lowest BCUT2D eigenvalue weighted by molar-refractivity contribution is -0.125. The Morgan fingerprint density at radius 3 is 2.54 bits per heavy atom. The van der Waals surface area contributed by atoms with Crippen molar-refractivity contribution in [3.63, 3.8) is 0 Å². The van der Waals surface area contributed by atoms with Gasteiger partial charge in [-0.2, -0.15) is 0 Å². The Morgan fingerprint density at radius 1 is 0.974 bits per heavy atom. The van der Waals surface area contributed by atoms with E-state index in [1.54, 1.807) is 0 Å². The van der Waals surface area contributed by atoms with E-state index < -0.39 is 0 Å². The Labute approximate surface area is 237 Å². The molecule has 9 atom stereocenters. The van der Waals surface area contributed by atoms with Gasteiger partial charge in [0.25, 0.3) is 0 Å². The largest absolute Gasteiger partial charge is 0.493 e. The second kappa shape index (κ2) is 10.4. The summed E-state index contributed by atoms with van der Waals surface area (Å²) in [5, 5.41) is 10.4. The molecule has 4 fully saturated rings. The summed E-state index contributed by atoms with van der Waals surface area (Å²) in [5.74, 6) is 6.97. The maximum atomic E-state index is 8.27. The zero-order valence-corrected chi connectivity index (χ0v) is 25.0. The summed E-state index contributed by atoms with van der Waals surface area (Å²) in [5.41, 5.74) is 7.86. The van der Waals surface area contributed by atoms with E-state index in [0.29, 0.717) is 16.7 Å². The third-order valence-corrected chi connectivity index (χ3v) is 12.9. The second-order valence-electron chi connectivity index (χ2n) is 14.7. The highest BCUT2D eigenvalue weighted by atomic mass is 16.5. The molecule has 3 heteroatoms. The topological polar surface area (TPSA) is 59.1 Å². The number of nitrogens with one attached hydrogen (secondary N) is 1. The second-order valence-corrected chi connectivity index (χ2v) is 14.7. The van der Waals surface area contributed by atoms with Crippen LogP contribution in [0, 0.1) is 57.7 Å². The molecule has 0 heterocycles. The lowest BCUT2D eigenvalue weighted by Gasteiger charge is -2.61. The maximum absolute atomic E-state index is 8.27. The van der Waals surface area contributed by atoms with Crippen LogP contribution in [0.15, 0.2) is 36.4 Å². The van der Waals surface area contributed by atoms with Crippen molar-refractivity contribution in [2.24, 2.45) is 58.0 Å². The van der Waals surface area contributed by atoms with Crippen LogP contribution >= 0.6 is 0 Å². The first-order valence-corrected chi connectivity index (χ1v) is 16.2. The predicted octanol–water partition coefficient (Wildman–Crippen LogP) is 9.21. The standard InChI is InChI=1S/C36H52N2O/c1-5-8-23(2)29-16-17-30-28-15-14-26-13-11-24(21-36(26,4)31(28)19-20-35(29,30)3)22-39-32-18-12-25-9-6-7-10-27(25)33(32)34(37)38/h6-7,9-10,12,18,23-24,26,28-31H,5,8,11,13-17,19-22H2,1-4H3,(H3,37,38)/t23-,24?,26?,28?,29-,30?,31?,35-,36+/m1/s1. The summed E-state index contributed by atoms with van der Waals surface area (Å²) in [6.45, 7) is 11.1. The first-order valence-electron chi connectivity index (χ1n) is 16.2. The van der Waals surface area contributed by atoms with Gasteiger partial charge in [0.15, 0.2) is 0 Å². The minimum Gasteiger partial charge on any atom is -0.493 e. The average Bonchev–Trinajstić information content (AvgIpc) is 3.28. The summed E-state index contributed by atoms with van der Waals surface area (Å²) in [4.78, 5) is 0. The normalized spacial score (nSPS) is 38.5. The van der Waals surface area contributed by atoms with Crippen LogP contribution in [0.25, 0.3) is 10.8 Å². The number of fused-ring (bicyclic) bond motifs is 6. The number of hydrogen-bond acceptors (Lipinski definition) is 2. The Hall–Kier alpha value is -2.03. The summed E-state index contributed by atoms with van der Waals surface area (Å²) in [7, 11) is 0. The molecule has 0 amide bonds. The third kappa shape index (κ3) is 4.51. The highest BCUT2D eigenvalue weighted by Gasteiger charge is 2.60. The fourth-order valence-electron chi connectivity index (χ4n) is 11.1. The zero-order valence-electron chi connectivity index (χ0n) is 25.0. The van der Waals surface area contributed by atoms with Crippen molar-refractivity contribution in [3.05, 3.63) is 42.0 Å². The van der Waals surface area contributed by atoms with Crippen molar-refractivity contribution in [2.75, 3.05) is 6.61 Å². The van der Waals surface area contributed by atoms with Crippen molar-refractivity contribution in [2.45, 2.75) is 98.3 Å². The summed E-state index contributed by atoms with van der Waals surface area (Å²) >= 11 is 0. The van der Waals surface area contributed by atoms with E-state index in [2.05, 4.69) is 45.9 Å². The molecule has 0 saturated heterocycles. The average molecular weight is 529 g/mol. The monoisotopic (exact) mass is 528 g/mol. The first-order chi connectivity index (χ1) is 18.8. The van der Waals surface area contributed by atoms with Gasteiger partial charge in [-0.05, 0) is 127 Å². The number of amidine groups is 1. The van der Waals surface area contributed by atoms with Crippen LogP contribution < -0.4 is 10.5 Å². The van der Waals surface area contributed by atoms with E-state index in [4.69, 9.17) is 15.9 Å². The van der Waals surface area contributed by atoms with Gasteiger partial charge in [0.05, 0.1) is 12.2 Å². The van der Waals surface area contributed by atoms with Crippen LogP contribution in [0.4, 0.5) is 0 Å². The van der Waals surface area contributed by atoms with Gasteiger partial charge in [-0.3, -0.25) is 5.41 Å². The van der Waals surface area contributed by atoms with E-state index in [9.17, 15) is 0 Å². The number of benzene rings is 2. The third-order valence-electron chi connectivity index (χ3n) is 12.9. The Bertz CT molecular complexity index is 1210. The molecular formula is C36H52N2O. The highest BCUT2D eigenvalue weighted by molar-refractivity contribution is 6.09. The molecule has 0 aliphatic heterocycles. The van der Waals surface area contributed by atoms with E-state index in [1.165, 1.54) is 70.6 Å². The predicted molar refractivity (Wildman–Crippen MR) is 163 cm³/mol. The molecule has 0 radical (unpaired) electrons. The molecule has 3 nitrogen and oxygen atoms in total. The number of rotatable bonds is 7. The Balaban J connectivity index is 1.18. The van der Waals surface area contributed by atoms with Gasteiger partial charge in [-0.15, -0.1) is 0 Å². The summed E-state index contributed by atoms with van der Waals surface area (Å²) in [6.07, 6.45) is 15.5. The molecule has 2 aromatic carbocycles. The molecule has 6 rings (SSSR count). The van der Waals surface area contributed by atoms with Crippen molar-refractivity contribution in [1.29, 1.82) is 5.41 Å². The fraction of sp³-hybridized carbons (Fsp3) is 0.694. The van der Waals surface area contributed by atoms with E-state index in [1.807, 2.05) is 18.2 Å². The van der Waals surface area contributed by atoms with E-state index in [-0.39, 0.29) is 5.84 Å². The SMILES string of the molecule is CCC[C@@H](C)[C@H]1CCC2C3CCC4CCC(COc5ccc6ccccc6c5C(=N)N)C[C@]4(C)C3CC[C@@]21C. The van der Waals surface area contributed by atoms with Crippen molar-refractivity contribution >= 4 is 16.6 Å². The number of hydrogen-bond donors (Lipinski definition) is 2. The van der Waals surface area contributed by atoms with Crippen LogP contribution in [0.3, 0.4) is 0 Å². The van der Waals surface area contributed by atoms with Crippen molar-refractivity contribution in [3.8, 4) is 5.75 Å². The van der Waals surface area contributed by atoms with Gasteiger partial charge in [-0.25, -0.2) is 0 Å². The van der Waals surface area contributed by atoms with Gasteiger partial charge in [0.2, 0.25) is 0 Å². The van der Waals surface area contributed by atoms with E-state index in [0.717, 1.165) is 64.2 Å². The molecule has 212 valence electrons. The number of ether oxygens (including phenoxy) is 1. The molecule has 0 aromatic heterocycles. The summed E-state index contributed by atoms with van der Waals surface area (Å²) in [6, 6.07) is 12.3. The van der Waals surface area contributed by atoms with Gasteiger partial charge < -0.3 is 10.5 Å². The lowest BCUT2D eigenvalue weighted by Crippen LogP contribution is -2.54. The Kier molecular flexibility index (Phi) is 7.26. The summed E-state index contributed by atoms with van der Waals surface area (Å²) < 4.78 is 6.53. The molecule has 0 spiro atoms. The number of nitrogen functional groups attached to an aromatic ring is 1. The smallest absolute Gasteiger partial charge is 0.130 e. The molecule has 4 saturated carbocycles. The zero-order chi connectivity index (χ0) is 27.4. The van der Waals surface area contributed by atoms with Crippen LogP contribution in [-0.4, -0.2) is 12.4 Å². The molecule has 39 heavy (non-hydrogen) atoms. The molecule has 4 aliphatic rings.